The Kier molecular flexibility index (Phi) is 3.49. The topological polar surface area (TPSA) is 80.5 Å². The Morgan fingerprint density at radius 2 is 2.06 bits per heavy atom. The van der Waals surface area contributed by atoms with Crippen LogP contribution in [-0.4, -0.2) is 19.9 Å². The van der Waals surface area contributed by atoms with Crippen LogP contribution in [0.15, 0.2) is 24.8 Å². The minimum Gasteiger partial charge on any atom is -0.339 e. The summed E-state index contributed by atoms with van der Waals surface area (Å²) in [5.74, 6) is 1.36. The fraction of sp³-hybridized carbons (Fsp3) is 0.417. The highest BCUT2D eigenvalue weighted by Crippen LogP contribution is 2.19. The third-order valence-electron chi connectivity index (χ3n) is 2.51. The molecule has 0 radical (unpaired) electrons. The van der Waals surface area contributed by atoms with E-state index in [1.54, 1.807) is 24.8 Å². The van der Waals surface area contributed by atoms with Crippen LogP contribution >= 0.6 is 0 Å². The van der Waals surface area contributed by atoms with E-state index >= 15 is 0 Å². The lowest BCUT2D eigenvalue weighted by Crippen LogP contribution is -2.14. The standard InChI is InChI=1S/C12H17N5/c1-8(2)5-9(13)12-16-7-11(17-12)10-6-14-3-4-15-10/h3-4,6-9H,5,13H2,1-2H3,(H,16,17). The second-order valence-electron chi connectivity index (χ2n) is 4.51. The van der Waals surface area contributed by atoms with Crippen molar-refractivity contribution in [1.82, 2.24) is 19.9 Å². The fourth-order valence-corrected chi connectivity index (χ4v) is 1.71. The molecule has 2 aromatic heterocycles. The fourth-order valence-electron chi connectivity index (χ4n) is 1.71. The normalized spacial score (nSPS) is 12.9. The molecule has 90 valence electrons. The maximum atomic E-state index is 6.06. The molecule has 0 aliphatic heterocycles. The third kappa shape index (κ3) is 2.88. The van der Waals surface area contributed by atoms with Gasteiger partial charge in [-0.3, -0.25) is 9.97 Å². The molecular weight excluding hydrogens is 214 g/mol. The first-order valence-electron chi connectivity index (χ1n) is 5.73. The van der Waals surface area contributed by atoms with E-state index in [1.807, 2.05) is 0 Å². The van der Waals surface area contributed by atoms with Crippen molar-refractivity contribution >= 4 is 0 Å². The lowest BCUT2D eigenvalue weighted by Gasteiger charge is -2.10. The van der Waals surface area contributed by atoms with Crippen molar-refractivity contribution < 1.29 is 0 Å². The molecule has 0 bridgehead atoms. The van der Waals surface area contributed by atoms with Crippen LogP contribution in [0, 0.1) is 5.92 Å². The molecule has 2 rings (SSSR count). The number of aromatic nitrogens is 4. The number of H-pyrrole nitrogens is 1. The van der Waals surface area contributed by atoms with Gasteiger partial charge in [0.1, 0.15) is 11.5 Å². The summed E-state index contributed by atoms with van der Waals surface area (Å²) < 4.78 is 0. The average molecular weight is 231 g/mol. The van der Waals surface area contributed by atoms with E-state index in [-0.39, 0.29) is 6.04 Å². The zero-order chi connectivity index (χ0) is 12.3. The van der Waals surface area contributed by atoms with Gasteiger partial charge in [-0.2, -0.15) is 0 Å². The predicted molar refractivity (Wildman–Crippen MR) is 66.0 cm³/mol. The smallest absolute Gasteiger partial charge is 0.123 e. The Morgan fingerprint density at radius 3 is 2.71 bits per heavy atom. The Morgan fingerprint density at radius 1 is 1.24 bits per heavy atom. The highest BCUT2D eigenvalue weighted by molar-refractivity contribution is 5.51. The molecule has 2 aromatic rings. The van der Waals surface area contributed by atoms with Crippen molar-refractivity contribution in [3.05, 3.63) is 30.6 Å². The first-order valence-corrected chi connectivity index (χ1v) is 5.73. The van der Waals surface area contributed by atoms with Crippen LogP contribution in [0.1, 0.15) is 32.1 Å². The summed E-state index contributed by atoms with van der Waals surface area (Å²) in [5.41, 5.74) is 7.69. The average Bonchev–Trinajstić information content (AvgIpc) is 2.78. The number of nitrogens with zero attached hydrogens (tertiary/aromatic N) is 3. The Labute approximate surface area is 101 Å². The quantitative estimate of drug-likeness (QED) is 0.842. The molecule has 17 heavy (non-hydrogen) atoms. The second kappa shape index (κ2) is 5.05. The molecule has 1 atom stereocenters. The maximum absolute atomic E-state index is 6.06. The summed E-state index contributed by atoms with van der Waals surface area (Å²) in [6.07, 6.45) is 7.66. The van der Waals surface area contributed by atoms with Crippen LogP contribution in [-0.2, 0) is 0 Å². The summed E-state index contributed by atoms with van der Waals surface area (Å²) in [6, 6.07) is -0.0552. The maximum Gasteiger partial charge on any atom is 0.123 e. The van der Waals surface area contributed by atoms with Crippen LogP contribution < -0.4 is 5.73 Å². The van der Waals surface area contributed by atoms with E-state index in [0.29, 0.717) is 5.92 Å². The number of hydrogen-bond acceptors (Lipinski definition) is 4. The molecule has 0 amide bonds. The van der Waals surface area contributed by atoms with Gasteiger partial charge in [0.2, 0.25) is 0 Å². The number of aromatic amines is 1. The van der Waals surface area contributed by atoms with Crippen molar-refractivity contribution in [2.75, 3.05) is 0 Å². The molecule has 0 saturated heterocycles. The molecule has 0 saturated carbocycles. The molecular formula is C12H17N5. The molecule has 0 fully saturated rings. The number of rotatable bonds is 4. The first-order chi connectivity index (χ1) is 8.16. The van der Waals surface area contributed by atoms with E-state index in [2.05, 4.69) is 33.8 Å². The Hall–Kier alpha value is -1.75. The molecule has 5 nitrogen and oxygen atoms in total. The molecule has 3 N–H and O–H groups in total. The highest BCUT2D eigenvalue weighted by atomic mass is 15.0. The summed E-state index contributed by atoms with van der Waals surface area (Å²) >= 11 is 0. The molecule has 0 spiro atoms. The summed E-state index contributed by atoms with van der Waals surface area (Å²) in [7, 11) is 0. The van der Waals surface area contributed by atoms with Crippen molar-refractivity contribution in [3.8, 4) is 11.4 Å². The minimum atomic E-state index is -0.0552. The number of hydrogen-bond donors (Lipinski definition) is 2. The van der Waals surface area contributed by atoms with Gasteiger partial charge in [-0.15, -0.1) is 0 Å². The van der Waals surface area contributed by atoms with Crippen molar-refractivity contribution in [2.24, 2.45) is 11.7 Å². The first kappa shape index (κ1) is 11.7. The number of imidazole rings is 1. The van der Waals surface area contributed by atoms with E-state index < -0.39 is 0 Å². The van der Waals surface area contributed by atoms with E-state index in [9.17, 15) is 0 Å². The lowest BCUT2D eigenvalue weighted by atomic mass is 10.0. The monoisotopic (exact) mass is 231 g/mol. The van der Waals surface area contributed by atoms with Gasteiger partial charge in [0.15, 0.2) is 0 Å². The van der Waals surface area contributed by atoms with Crippen molar-refractivity contribution in [1.29, 1.82) is 0 Å². The largest absolute Gasteiger partial charge is 0.339 e. The van der Waals surface area contributed by atoms with Gasteiger partial charge in [-0.05, 0) is 12.3 Å². The molecule has 0 aliphatic rings. The Bertz CT molecular complexity index is 463. The summed E-state index contributed by atoms with van der Waals surface area (Å²) in [4.78, 5) is 15.7. The third-order valence-corrected chi connectivity index (χ3v) is 2.51. The zero-order valence-electron chi connectivity index (χ0n) is 10.1. The summed E-state index contributed by atoms with van der Waals surface area (Å²) in [6.45, 7) is 4.29. The van der Waals surface area contributed by atoms with Crippen LogP contribution in [0.3, 0.4) is 0 Å². The van der Waals surface area contributed by atoms with Crippen LogP contribution in [0.2, 0.25) is 0 Å². The van der Waals surface area contributed by atoms with Gasteiger partial charge in [-0.25, -0.2) is 4.98 Å². The highest BCUT2D eigenvalue weighted by Gasteiger charge is 2.12. The van der Waals surface area contributed by atoms with Gasteiger partial charge in [0, 0.05) is 12.4 Å². The second-order valence-corrected chi connectivity index (χ2v) is 4.51. The number of nitrogens with two attached hydrogens (primary N) is 1. The van der Waals surface area contributed by atoms with Gasteiger partial charge in [-0.1, -0.05) is 13.8 Å². The van der Waals surface area contributed by atoms with E-state index in [1.165, 1.54) is 0 Å². The van der Waals surface area contributed by atoms with Gasteiger partial charge in [0.25, 0.3) is 0 Å². The number of nitrogens with one attached hydrogen (secondary N) is 1. The van der Waals surface area contributed by atoms with E-state index in [0.717, 1.165) is 23.6 Å². The van der Waals surface area contributed by atoms with Gasteiger partial charge >= 0.3 is 0 Å². The molecule has 0 aromatic carbocycles. The van der Waals surface area contributed by atoms with E-state index in [4.69, 9.17) is 5.73 Å². The van der Waals surface area contributed by atoms with Gasteiger partial charge < -0.3 is 10.7 Å². The Balaban J connectivity index is 2.16. The zero-order valence-corrected chi connectivity index (χ0v) is 10.1. The van der Waals surface area contributed by atoms with Crippen LogP contribution in [0.25, 0.3) is 11.4 Å². The molecule has 2 heterocycles. The lowest BCUT2D eigenvalue weighted by molar-refractivity contribution is 0.496. The summed E-state index contributed by atoms with van der Waals surface area (Å²) in [5, 5.41) is 0. The minimum absolute atomic E-state index is 0.0552. The molecule has 1 unspecified atom stereocenters. The molecule has 0 aliphatic carbocycles. The van der Waals surface area contributed by atoms with Gasteiger partial charge in [0.05, 0.1) is 24.1 Å². The van der Waals surface area contributed by atoms with Crippen LogP contribution in [0.5, 0.6) is 0 Å². The van der Waals surface area contributed by atoms with Crippen molar-refractivity contribution in [3.63, 3.8) is 0 Å². The molecule has 5 heteroatoms. The van der Waals surface area contributed by atoms with Crippen LogP contribution in [0.4, 0.5) is 0 Å². The SMILES string of the molecule is CC(C)CC(N)c1ncc(-c2cnccn2)[nH]1. The van der Waals surface area contributed by atoms with Crippen molar-refractivity contribution in [2.45, 2.75) is 26.3 Å². The predicted octanol–water partition coefficient (Wildman–Crippen LogP) is 1.91.